The Balaban J connectivity index is 2.49. The quantitative estimate of drug-likeness (QED) is 0.511. The Morgan fingerprint density at radius 2 is 2.20 bits per heavy atom. The molecule has 0 aromatic rings. The van der Waals surface area contributed by atoms with E-state index >= 15 is 0 Å². The van der Waals surface area contributed by atoms with Crippen LogP contribution in [0.3, 0.4) is 0 Å². The van der Waals surface area contributed by atoms with Crippen molar-refractivity contribution < 1.29 is 9.53 Å². The van der Waals surface area contributed by atoms with Gasteiger partial charge in [-0.25, -0.2) is 0 Å². The molecule has 2 atom stereocenters. The summed E-state index contributed by atoms with van der Waals surface area (Å²) in [5.41, 5.74) is 0. The van der Waals surface area contributed by atoms with Gasteiger partial charge in [-0.3, -0.25) is 4.79 Å². The number of carbonyl (C=O) groups is 1. The summed E-state index contributed by atoms with van der Waals surface area (Å²) in [7, 11) is 0. The molecule has 0 N–H and O–H groups in total. The van der Waals surface area contributed by atoms with Crippen molar-refractivity contribution in [1.29, 1.82) is 0 Å². The number of Topliss-reactive ketones (excluding diaryl/α,β-unsaturated/α-hetero) is 1. The van der Waals surface area contributed by atoms with Gasteiger partial charge in [0.1, 0.15) is 5.78 Å². The van der Waals surface area contributed by atoms with Crippen LogP contribution in [0.4, 0.5) is 0 Å². The normalized spacial score (nSPS) is 35.6. The molecule has 1 saturated heterocycles. The SMILES string of the molecule is CC1CC(C)C(=O)CCO1. The minimum Gasteiger partial charge on any atom is -0.378 e. The highest BCUT2D eigenvalue weighted by molar-refractivity contribution is 5.80. The maximum atomic E-state index is 11.1. The molecule has 0 bridgehead atoms. The Kier molecular flexibility index (Phi) is 2.44. The zero-order chi connectivity index (χ0) is 7.56. The second kappa shape index (κ2) is 3.15. The molecule has 2 unspecified atom stereocenters. The first kappa shape index (κ1) is 7.73. The van der Waals surface area contributed by atoms with E-state index in [1.807, 2.05) is 13.8 Å². The number of hydrogen-bond donors (Lipinski definition) is 0. The lowest BCUT2D eigenvalue weighted by atomic mass is 9.99. The van der Waals surface area contributed by atoms with E-state index in [-0.39, 0.29) is 12.0 Å². The Hall–Kier alpha value is -0.370. The molecule has 0 aromatic heterocycles. The third-order valence-corrected chi connectivity index (χ3v) is 1.99. The molecule has 0 saturated carbocycles. The number of ether oxygens (including phenoxy) is 1. The number of rotatable bonds is 0. The van der Waals surface area contributed by atoms with E-state index in [0.29, 0.717) is 18.8 Å². The fraction of sp³-hybridized carbons (Fsp3) is 0.875. The van der Waals surface area contributed by atoms with Crippen molar-refractivity contribution >= 4 is 5.78 Å². The van der Waals surface area contributed by atoms with E-state index in [9.17, 15) is 4.79 Å². The van der Waals surface area contributed by atoms with Crippen molar-refractivity contribution in [3.63, 3.8) is 0 Å². The average Bonchev–Trinajstić information content (AvgIpc) is 1.96. The summed E-state index contributed by atoms with van der Waals surface area (Å²) >= 11 is 0. The number of ketones is 1. The molecular weight excluding hydrogens is 128 g/mol. The van der Waals surface area contributed by atoms with Gasteiger partial charge in [0.05, 0.1) is 12.7 Å². The lowest BCUT2D eigenvalue weighted by Crippen LogP contribution is -2.12. The Labute approximate surface area is 61.6 Å². The van der Waals surface area contributed by atoms with Crippen molar-refractivity contribution in [3.8, 4) is 0 Å². The summed E-state index contributed by atoms with van der Waals surface area (Å²) < 4.78 is 5.32. The van der Waals surface area contributed by atoms with Crippen LogP contribution in [0.5, 0.6) is 0 Å². The first-order valence-corrected chi connectivity index (χ1v) is 3.84. The van der Waals surface area contributed by atoms with Crippen molar-refractivity contribution in [2.24, 2.45) is 5.92 Å². The van der Waals surface area contributed by atoms with Crippen molar-refractivity contribution in [1.82, 2.24) is 0 Å². The zero-order valence-corrected chi connectivity index (χ0v) is 6.59. The Morgan fingerprint density at radius 3 is 2.90 bits per heavy atom. The van der Waals surface area contributed by atoms with E-state index in [1.54, 1.807) is 0 Å². The molecule has 0 spiro atoms. The third-order valence-electron chi connectivity index (χ3n) is 1.99. The van der Waals surface area contributed by atoms with E-state index in [4.69, 9.17) is 4.74 Å². The molecule has 1 rings (SSSR count). The predicted octanol–water partition coefficient (Wildman–Crippen LogP) is 1.39. The summed E-state index contributed by atoms with van der Waals surface area (Å²) in [4.78, 5) is 11.1. The monoisotopic (exact) mass is 142 g/mol. The first-order chi connectivity index (χ1) is 4.70. The molecular formula is C8H14O2. The molecule has 10 heavy (non-hydrogen) atoms. The Morgan fingerprint density at radius 1 is 1.50 bits per heavy atom. The maximum Gasteiger partial charge on any atom is 0.138 e. The minimum absolute atomic E-state index is 0.206. The highest BCUT2D eigenvalue weighted by Crippen LogP contribution is 2.15. The van der Waals surface area contributed by atoms with Gasteiger partial charge in [0.2, 0.25) is 0 Å². The van der Waals surface area contributed by atoms with Crippen LogP contribution in [0.15, 0.2) is 0 Å². The van der Waals surface area contributed by atoms with E-state index < -0.39 is 0 Å². The van der Waals surface area contributed by atoms with Crippen molar-refractivity contribution in [2.75, 3.05) is 6.61 Å². The van der Waals surface area contributed by atoms with Gasteiger partial charge in [0.25, 0.3) is 0 Å². The molecule has 1 heterocycles. The fourth-order valence-corrected chi connectivity index (χ4v) is 1.30. The molecule has 1 fully saturated rings. The van der Waals surface area contributed by atoms with Gasteiger partial charge < -0.3 is 4.74 Å². The first-order valence-electron chi connectivity index (χ1n) is 3.84. The standard InChI is InChI=1S/C8H14O2/c1-6-5-7(2)10-4-3-8(6)9/h6-7H,3-5H2,1-2H3. The van der Waals surface area contributed by atoms with Crippen molar-refractivity contribution in [2.45, 2.75) is 32.8 Å². The smallest absolute Gasteiger partial charge is 0.138 e. The van der Waals surface area contributed by atoms with Gasteiger partial charge in [-0.1, -0.05) is 6.92 Å². The van der Waals surface area contributed by atoms with Gasteiger partial charge in [0.15, 0.2) is 0 Å². The van der Waals surface area contributed by atoms with Crippen LogP contribution < -0.4 is 0 Å². The molecule has 58 valence electrons. The minimum atomic E-state index is 0.206. The second-order valence-corrected chi connectivity index (χ2v) is 3.03. The fourth-order valence-electron chi connectivity index (χ4n) is 1.30. The Bertz CT molecular complexity index is 131. The highest BCUT2D eigenvalue weighted by atomic mass is 16.5. The predicted molar refractivity (Wildman–Crippen MR) is 38.8 cm³/mol. The van der Waals surface area contributed by atoms with Crippen LogP contribution in [0.2, 0.25) is 0 Å². The highest BCUT2D eigenvalue weighted by Gasteiger charge is 2.20. The van der Waals surface area contributed by atoms with Gasteiger partial charge in [0, 0.05) is 12.3 Å². The molecule has 0 aliphatic carbocycles. The summed E-state index contributed by atoms with van der Waals surface area (Å²) in [6, 6.07) is 0. The third kappa shape index (κ3) is 1.81. The largest absolute Gasteiger partial charge is 0.378 e. The molecule has 2 nitrogen and oxygen atoms in total. The molecule has 1 aliphatic rings. The number of hydrogen-bond acceptors (Lipinski definition) is 2. The summed E-state index contributed by atoms with van der Waals surface area (Å²) in [6.07, 6.45) is 1.76. The molecule has 1 aliphatic heterocycles. The summed E-state index contributed by atoms with van der Waals surface area (Å²) in [5, 5.41) is 0. The van der Waals surface area contributed by atoms with Crippen LogP contribution in [0, 0.1) is 5.92 Å². The zero-order valence-electron chi connectivity index (χ0n) is 6.59. The maximum absolute atomic E-state index is 11.1. The number of carbonyl (C=O) groups excluding carboxylic acids is 1. The van der Waals surface area contributed by atoms with Crippen LogP contribution in [0.25, 0.3) is 0 Å². The van der Waals surface area contributed by atoms with Crippen LogP contribution in [0.1, 0.15) is 26.7 Å². The lowest BCUT2D eigenvalue weighted by molar-refractivity contribution is -0.122. The topological polar surface area (TPSA) is 26.3 Å². The van der Waals surface area contributed by atoms with E-state index in [0.717, 1.165) is 6.42 Å². The molecule has 2 heteroatoms. The van der Waals surface area contributed by atoms with Crippen molar-refractivity contribution in [3.05, 3.63) is 0 Å². The van der Waals surface area contributed by atoms with E-state index in [1.165, 1.54) is 0 Å². The molecule has 0 amide bonds. The summed E-state index contributed by atoms with van der Waals surface area (Å²) in [6.45, 7) is 4.62. The second-order valence-electron chi connectivity index (χ2n) is 3.03. The van der Waals surface area contributed by atoms with Gasteiger partial charge in [-0.05, 0) is 13.3 Å². The van der Waals surface area contributed by atoms with Gasteiger partial charge >= 0.3 is 0 Å². The van der Waals surface area contributed by atoms with Crippen LogP contribution >= 0.6 is 0 Å². The lowest BCUT2D eigenvalue weighted by Gasteiger charge is -2.09. The molecule has 0 aromatic carbocycles. The summed E-state index contributed by atoms with van der Waals surface area (Å²) in [5.74, 6) is 0.557. The van der Waals surface area contributed by atoms with E-state index in [2.05, 4.69) is 0 Å². The average molecular weight is 142 g/mol. The molecule has 0 radical (unpaired) electrons. The van der Waals surface area contributed by atoms with Crippen LogP contribution in [-0.4, -0.2) is 18.5 Å². The van der Waals surface area contributed by atoms with Gasteiger partial charge in [-0.15, -0.1) is 0 Å². The van der Waals surface area contributed by atoms with Crippen LogP contribution in [-0.2, 0) is 9.53 Å². The van der Waals surface area contributed by atoms with Gasteiger partial charge in [-0.2, -0.15) is 0 Å².